The van der Waals surface area contributed by atoms with Crippen LogP contribution in [0.5, 0.6) is 0 Å². The van der Waals surface area contributed by atoms with Crippen molar-refractivity contribution in [3.8, 4) is 0 Å². The van der Waals surface area contributed by atoms with Crippen molar-refractivity contribution in [1.29, 1.82) is 0 Å². The number of aromatic nitrogens is 2. The highest BCUT2D eigenvalue weighted by molar-refractivity contribution is 5.59. The van der Waals surface area contributed by atoms with Gasteiger partial charge in [-0.2, -0.15) is 4.98 Å². The van der Waals surface area contributed by atoms with Gasteiger partial charge in [0.2, 0.25) is 11.8 Å². The first kappa shape index (κ1) is 13.0. The third kappa shape index (κ3) is 2.15. The maximum Gasteiger partial charge on any atom is 0.329 e. The van der Waals surface area contributed by atoms with Crippen LogP contribution in [0.25, 0.3) is 0 Å². The molecule has 0 spiro atoms. The number of piperazine rings is 1. The summed E-state index contributed by atoms with van der Waals surface area (Å²) in [5, 5.41) is 11.2. The lowest BCUT2D eigenvalue weighted by atomic mass is 10.1. The Morgan fingerprint density at radius 1 is 1.50 bits per heavy atom. The van der Waals surface area contributed by atoms with Gasteiger partial charge in [-0.05, 0) is 26.3 Å². The summed E-state index contributed by atoms with van der Waals surface area (Å²) in [4.78, 5) is 23.0. The number of rotatable bonds is 2. The molecule has 3 rings (SSSR count). The highest BCUT2D eigenvalue weighted by Gasteiger charge is 2.37. The maximum atomic E-state index is 11.2. The zero-order chi connectivity index (χ0) is 14.3. The Hall–Kier alpha value is -1.96. The van der Waals surface area contributed by atoms with E-state index in [1.54, 1.807) is 0 Å². The molecule has 108 valence electrons. The van der Waals surface area contributed by atoms with Gasteiger partial charge < -0.3 is 10.6 Å². The average molecular weight is 278 g/mol. The van der Waals surface area contributed by atoms with Crippen molar-refractivity contribution < 1.29 is 4.92 Å². The SMILES string of the molecule is CC1CN2CCCC2CN1c1nc(N)ncc1[N+](=O)[O-]. The van der Waals surface area contributed by atoms with Crippen LogP contribution in [0.3, 0.4) is 0 Å². The van der Waals surface area contributed by atoms with E-state index in [1.807, 2.05) is 4.90 Å². The van der Waals surface area contributed by atoms with Crippen molar-refractivity contribution in [3.05, 3.63) is 16.3 Å². The quantitative estimate of drug-likeness (QED) is 0.625. The van der Waals surface area contributed by atoms with Crippen molar-refractivity contribution >= 4 is 17.5 Å². The van der Waals surface area contributed by atoms with Crippen molar-refractivity contribution in [2.75, 3.05) is 30.3 Å². The molecule has 0 amide bonds. The van der Waals surface area contributed by atoms with Gasteiger partial charge in [0.05, 0.1) is 4.92 Å². The minimum atomic E-state index is -0.442. The molecule has 2 N–H and O–H groups in total. The molecule has 0 aliphatic carbocycles. The van der Waals surface area contributed by atoms with Crippen LogP contribution in [0.1, 0.15) is 19.8 Å². The Labute approximate surface area is 116 Å². The second-order valence-electron chi connectivity index (χ2n) is 5.49. The predicted molar refractivity (Wildman–Crippen MR) is 74.5 cm³/mol. The lowest BCUT2D eigenvalue weighted by molar-refractivity contribution is -0.384. The van der Waals surface area contributed by atoms with Gasteiger partial charge in [-0.3, -0.25) is 15.0 Å². The third-order valence-electron chi connectivity index (χ3n) is 4.17. The summed E-state index contributed by atoms with van der Waals surface area (Å²) < 4.78 is 0. The first-order valence-corrected chi connectivity index (χ1v) is 6.84. The second-order valence-corrected chi connectivity index (χ2v) is 5.49. The average Bonchev–Trinajstić information content (AvgIpc) is 2.84. The van der Waals surface area contributed by atoms with E-state index >= 15 is 0 Å². The number of hydrogen-bond donors (Lipinski definition) is 1. The fourth-order valence-electron chi connectivity index (χ4n) is 3.20. The van der Waals surface area contributed by atoms with E-state index in [-0.39, 0.29) is 17.7 Å². The topological polar surface area (TPSA) is 101 Å². The molecule has 8 nitrogen and oxygen atoms in total. The standard InChI is InChI=1S/C12H18N6O2/c1-8-6-16-4-2-3-9(16)7-17(8)11-10(18(19)20)5-14-12(13)15-11/h5,8-9H,2-4,6-7H2,1H3,(H2,13,14,15). The molecular weight excluding hydrogens is 260 g/mol. The van der Waals surface area contributed by atoms with Crippen LogP contribution in [0.15, 0.2) is 6.20 Å². The Balaban J connectivity index is 1.95. The lowest BCUT2D eigenvalue weighted by Crippen LogP contribution is -2.55. The second kappa shape index (κ2) is 4.86. The highest BCUT2D eigenvalue weighted by Crippen LogP contribution is 2.32. The van der Waals surface area contributed by atoms with Crippen LogP contribution in [0.4, 0.5) is 17.5 Å². The normalized spacial score (nSPS) is 26.6. The van der Waals surface area contributed by atoms with E-state index in [2.05, 4.69) is 21.8 Å². The number of hydrogen-bond acceptors (Lipinski definition) is 7. The molecular formula is C12H18N6O2. The molecule has 20 heavy (non-hydrogen) atoms. The van der Waals surface area contributed by atoms with Crippen molar-refractivity contribution in [1.82, 2.24) is 14.9 Å². The largest absolute Gasteiger partial charge is 0.368 e. The van der Waals surface area contributed by atoms with E-state index in [1.165, 1.54) is 12.6 Å². The highest BCUT2D eigenvalue weighted by atomic mass is 16.6. The van der Waals surface area contributed by atoms with Gasteiger partial charge in [-0.25, -0.2) is 4.98 Å². The van der Waals surface area contributed by atoms with E-state index < -0.39 is 4.92 Å². The molecule has 0 saturated carbocycles. The summed E-state index contributed by atoms with van der Waals surface area (Å²) in [6.07, 6.45) is 3.53. The minimum Gasteiger partial charge on any atom is -0.368 e. The van der Waals surface area contributed by atoms with Crippen LogP contribution in [-0.2, 0) is 0 Å². The maximum absolute atomic E-state index is 11.2. The molecule has 2 aliphatic heterocycles. The number of fused-ring (bicyclic) bond motifs is 1. The molecule has 2 fully saturated rings. The molecule has 3 heterocycles. The molecule has 0 bridgehead atoms. The van der Waals surface area contributed by atoms with Crippen molar-refractivity contribution in [3.63, 3.8) is 0 Å². The van der Waals surface area contributed by atoms with Gasteiger partial charge in [-0.15, -0.1) is 0 Å². The van der Waals surface area contributed by atoms with Gasteiger partial charge in [0.1, 0.15) is 6.20 Å². The van der Waals surface area contributed by atoms with Crippen LogP contribution >= 0.6 is 0 Å². The predicted octanol–water partition coefficient (Wildman–Crippen LogP) is 0.640. The molecule has 2 saturated heterocycles. The van der Waals surface area contributed by atoms with E-state index in [9.17, 15) is 10.1 Å². The van der Waals surface area contributed by atoms with Gasteiger partial charge in [-0.1, -0.05) is 0 Å². The van der Waals surface area contributed by atoms with Crippen LogP contribution in [0.2, 0.25) is 0 Å². The van der Waals surface area contributed by atoms with E-state index in [0.717, 1.165) is 26.1 Å². The summed E-state index contributed by atoms with van der Waals surface area (Å²) >= 11 is 0. The Bertz CT molecular complexity index is 537. The number of anilines is 2. The van der Waals surface area contributed by atoms with Crippen LogP contribution < -0.4 is 10.6 Å². The molecule has 1 aromatic heterocycles. The smallest absolute Gasteiger partial charge is 0.329 e. The molecule has 8 heteroatoms. The van der Waals surface area contributed by atoms with E-state index in [0.29, 0.717) is 11.9 Å². The Kier molecular flexibility index (Phi) is 3.17. The molecule has 2 aliphatic rings. The summed E-state index contributed by atoms with van der Waals surface area (Å²) in [5.41, 5.74) is 5.53. The van der Waals surface area contributed by atoms with E-state index in [4.69, 9.17) is 5.73 Å². The minimum absolute atomic E-state index is 0.0718. The number of nitrogens with two attached hydrogens (primary N) is 1. The molecule has 2 atom stereocenters. The van der Waals surface area contributed by atoms with Crippen LogP contribution in [0, 0.1) is 10.1 Å². The molecule has 2 unspecified atom stereocenters. The van der Waals surface area contributed by atoms with Gasteiger partial charge in [0.15, 0.2) is 0 Å². The molecule has 0 radical (unpaired) electrons. The fourth-order valence-corrected chi connectivity index (χ4v) is 3.20. The number of nitrogen functional groups attached to an aromatic ring is 1. The molecule has 1 aromatic rings. The number of nitro groups is 1. The van der Waals surface area contributed by atoms with Crippen molar-refractivity contribution in [2.24, 2.45) is 0 Å². The van der Waals surface area contributed by atoms with Gasteiger partial charge in [0.25, 0.3) is 0 Å². The van der Waals surface area contributed by atoms with Gasteiger partial charge >= 0.3 is 5.69 Å². The van der Waals surface area contributed by atoms with Crippen LogP contribution in [-0.4, -0.2) is 51.5 Å². The lowest BCUT2D eigenvalue weighted by Gasteiger charge is -2.42. The third-order valence-corrected chi connectivity index (χ3v) is 4.17. The zero-order valence-corrected chi connectivity index (χ0v) is 11.4. The summed E-state index contributed by atoms with van der Waals surface area (Å²) in [6.45, 7) is 4.86. The Morgan fingerprint density at radius 3 is 3.05 bits per heavy atom. The first-order chi connectivity index (χ1) is 9.56. The summed E-state index contributed by atoms with van der Waals surface area (Å²) in [7, 11) is 0. The van der Waals surface area contributed by atoms with Crippen molar-refractivity contribution in [2.45, 2.75) is 31.8 Å². The first-order valence-electron chi connectivity index (χ1n) is 6.84. The number of nitrogens with zero attached hydrogens (tertiary/aromatic N) is 5. The summed E-state index contributed by atoms with van der Waals surface area (Å²) in [5.74, 6) is 0.424. The fraction of sp³-hybridized carbons (Fsp3) is 0.667. The monoisotopic (exact) mass is 278 g/mol. The zero-order valence-electron chi connectivity index (χ0n) is 11.4. The van der Waals surface area contributed by atoms with Gasteiger partial charge in [0, 0.05) is 25.2 Å². The molecule has 0 aromatic carbocycles. The Morgan fingerprint density at radius 2 is 2.30 bits per heavy atom. The summed E-state index contributed by atoms with van der Waals surface area (Å²) in [6, 6.07) is 0.638.